The Balaban J connectivity index is 1.29. The van der Waals surface area contributed by atoms with Crippen molar-refractivity contribution in [2.24, 2.45) is 0 Å². The molecule has 11 rings (SSSR count). The Morgan fingerprint density at radius 3 is 2.02 bits per heavy atom. The van der Waals surface area contributed by atoms with Gasteiger partial charge in [-0.25, -0.2) is 0 Å². The second-order valence-corrected chi connectivity index (χ2v) is 18.8. The third kappa shape index (κ3) is 3.64. The fourth-order valence-electron chi connectivity index (χ4n) is 9.34. The van der Waals surface area contributed by atoms with Gasteiger partial charge >= 0.3 is 6.85 Å². The highest BCUT2D eigenvalue weighted by Crippen LogP contribution is 2.51. The summed E-state index contributed by atoms with van der Waals surface area (Å²) in [5.74, 6) is 0. The molecule has 8 aromatic carbocycles. The van der Waals surface area contributed by atoms with Crippen molar-refractivity contribution in [2.45, 2.75) is 13.1 Å². The van der Waals surface area contributed by atoms with Crippen LogP contribution in [0, 0.1) is 0 Å². The van der Waals surface area contributed by atoms with Crippen LogP contribution in [0.25, 0.3) is 43.8 Å². The van der Waals surface area contributed by atoms with Crippen molar-refractivity contribution in [3.05, 3.63) is 164 Å². The highest BCUT2D eigenvalue weighted by molar-refractivity contribution is 7.04. The van der Waals surface area contributed by atoms with Gasteiger partial charge in [0.2, 0.25) is 0 Å². The largest absolute Gasteiger partial charge is 0.376 e. The minimum absolute atomic E-state index is 0.00195. The Kier molecular flexibility index (Phi) is 5.66. The molecule has 0 radical (unpaired) electrons. The van der Waals surface area contributed by atoms with E-state index in [4.69, 9.17) is 0 Å². The first kappa shape index (κ1) is 28.0. The molecule has 0 amide bonds. The average molecular weight is 653 g/mol. The van der Waals surface area contributed by atoms with Gasteiger partial charge in [-0.1, -0.05) is 147 Å². The standard InChI is InChI=1S/C46H33BN2Si/c1-50(2)41-21-11-10-20-39(41)48-45-36-18-9-7-16-33(36)29-37-43-35-17-8-6-15-32(35)25-28-40(43)49(47(44(37)45)38-19-12-22-42(50)46(38)48)34-26-23-31(24-27-34)30-13-4-3-5-14-30/h3-29H,1-2H3. The number of hydrogen-bond acceptors (Lipinski definition) is 2. The smallest absolute Gasteiger partial charge is 0.333 e. The van der Waals surface area contributed by atoms with Crippen molar-refractivity contribution >= 4 is 86.2 Å². The Labute approximate surface area is 294 Å². The molecule has 0 saturated heterocycles. The Hall–Kier alpha value is -5.84. The van der Waals surface area contributed by atoms with E-state index in [-0.39, 0.29) is 6.85 Å². The van der Waals surface area contributed by atoms with E-state index in [1.807, 2.05) is 0 Å². The van der Waals surface area contributed by atoms with E-state index in [1.54, 1.807) is 0 Å². The molecule has 0 fully saturated rings. The summed E-state index contributed by atoms with van der Waals surface area (Å²) < 4.78 is 0. The van der Waals surface area contributed by atoms with Crippen molar-refractivity contribution in [3.63, 3.8) is 0 Å². The molecule has 3 aliphatic heterocycles. The molecule has 0 aromatic heterocycles. The molecule has 50 heavy (non-hydrogen) atoms. The summed E-state index contributed by atoms with van der Waals surface area (Å²) in [7, 11) is -2.03. The molecule has 3 aliphatic rings. The molecule has 0 saturated carbocycles. The summed E-state index contributed by atoms with van der Waals surface area (Å²) in [5, 5.41) is 8.15. The van der Waals surface area contributed by atoms with Crippen LogP contribution in [0.2, 0.25) is 13.1 Å². The molecule has 234 valence electrons. The van der Waals surface area contributed by atoms with E-state index in [9.17, 15) is 0 Å². The van der Waals surface area contributed by atoms with E-state index in [0.717, 1.165) is 0 Å². The first-order chi connectivity index (χ1) is 24.6. The van der Waals surface area contributed by atoms with Gasteiger partial charge in [0, 0.05) is 33.7 Å². The van der Waals surface area contributed by atoms with Crippen LogP contribution in [0.15, 0.2) is 164 Å². The zero-order valence-electron chi connectivity index (χ0n) is 28.1. The maximum Gasteiger partial charge on any atom is 0.333 e. The molecule has 0 spiro atoms. The van der Waals surface area contributed by atoms with Crippen LogP contribution in [0.1, 0.15) is 0 Å². The van der Waals surface area contributed by atoms with E-state index < -0.39 is 8.07 Å². The molecule has 8 aromatic rings. The lowest BCUT2D eigenvalue weighted by Crippen LogP contribution is -2.67. The minimum Gasteiger partial charge on any atom is -0.376 e. The summed E-state index contributed by atoms with van der Waals surface area (Å²) in [6.45, 7) is 5.07. The zero-order valence-corrected chi connectivity index (χ0v) is 29.1. The zero-order chi connectivity index (χ0) is 33.1. The molecule has 0 atom stereocenters. The summed E-state index contributed by atoms with van der Waals surface area (Å²) in [5.41, 5.74) is 14.4. The first-order valence-electron chi connectivity index (χ1n) is 17.6. The third-order valence-corrected chi connectivity index (χ3v) is 15.1. The summed E-state index contributed by atoms with van der Waals surface area (Å²) in [6, 6.07) is 61.5. The van der Waals surface area contributed by atoms with Crippen LogP contribution in [-0.2, 0) is 0 Å². The maximum atomic E-state index is 2.66. The van der Waals surface area contributed by atoms with Gasteiger partial charge in [-0.15, -0.1) is 0 Å². The van der Waals surface area contributed by atoms with E-state index in [2.05, 4.69) is 187 Å². The first-order valence-corrected chi connectivity index (χ1v) is 20.6. The number of hydrogen-bond donors (Lipinski definition) is 0. The molecule has 0 aliphatic carbocycles. The van der Waals surface area contributed by atoms with Gasteiger partial charge in [0.25, 0.3) is 0 Å². The SMILES string of the molecule is C[Si]1(C)c2ccccc2N2c3c(cccc31)B1c3c(cc4ccccc4c32)-c2c(ccc3ccccc23)N1c1ccc(-c2ccccc2)cc1. The Morgan fingerprint density at radius 2 is 1.18 bits per heavy atom. The van der Waals surface area contributed by atoms with Gasteiger partial charge in [-0.2, -0.15) is 0 Å². The molecule has 0 bridgehead atoms. The van der Waals surface area contributed by atoms with Gasteiger partial charge in [0.15, 0.2) is 0 Å². The topological polar surface area (TPSA) is 6.48 Å². The monoisotopic (exact) mass is 652 g/mol. The molecular formula is C46H33BN2Si. The highest BCUT2D eigenvalue weighted by Gasteiger charge is 2.50. The van der Waals surface area contributed by atoms with Crippen LogP contribution in [0.4, 0.5) is 28.4 Å². The van der Waals surface area contributed by atoms with Crippen LogP contribution >= 0.6 is 0 Å². The molecular weight excluding hydrogens is 619 g/mol. The van der Waals surface area contributed by atoms with Gasteiger partial charge in [0.05, 0.1) is 5.69 Å². The molecule has 2 nitrogen and oxygen atoms in total. The minimum atomic E-state index is -2.03. The average Bonchev–Trinajstić information content (AvgIpc) is 3.17. The van der Waals surface area contributed by atoms with Crippen LogP contribution < -0.4 is 31.0 Å². The second-order valence-electron chi connectivity index (χ2n) is 14.5. The normalized spacial score (nSPS) is 14.6. The molecule has 0 unspecified atom stereocenters. The molecule has 0 N–H and O–H groups in total. The lowest BCUT2D eigenvalue weighted by atomic mass is 9.43. The number of nitrogens with zero attached hydrogens (tertiary/aromatic N) is 2. The van der Waals surface area contributed by atoms with Crippen LogP contribution in [-0.4, -0.2) is 14.9 Å². The van der Waals surface area contributed by atoms with Crippen LogP contribution in [0.5, 0.6) is 0 Å². The Morgan fingerprint density at radius 1 is 0.500 bits per heavy atom. The lowest BCUT2D eigenvalue weighted by Gasteiger charge is -2.50. The quantitative estimate of drug-likeness (QED) is 0.172. The number of rotatable bonds is 2. The van der Waals surface area contributed by atoms with Crippen molar-refractivity contribution in [2.75, 3.05) is 9.71 Å². The van der Waals surface area contributed by atoms with Gasteiger partial charge < -0.3 is 9.71 Å². The lowest BCUT2D eigenvalue weighted by molar-refractivity contribution is 1.29. The molecule has 3 heterocycles. The predicted molar refractivity (Wildman–Crippen MR) is 217 cm³/mol. The van der Waals surface area contributed by atoms with Gasteiger partial charge in [-0.05, 0) is 84.5 Å². The fraction of sp³-hybridized carbons (Fsp3) is 0.0435. The maximum absolute atomic E-state index is 2.66. The number of benzene rings is 8. The Bertz CT molecular complexity index is 2700. The van der Waals surface area contributed by atoms with Crippen LogP contribution in [0.3, 0.4) is 0 Å². The third-order valence-electron chi connectivity index (χ3n) is 11.6. The number of anilines is 5. The van der Waals surface area contributed by atoms with Crippen molar-refractivity contribution in [3.8, 4) is 22.3 Å². The summed E-state index contributed by atoms with van der Waals surface area (Å²) >= 11 is 0. The van der Waals surface area contributed by atoms with Gasteiger partial charge in [0.1, 0.15) is 8.07 Å². The fourth-order valence-corrected chi connectivity index (χ4v) is 12.3. The molecule has 4 heteroatoms. The second kappa shape index (κ2) is 10.1. The van der Waals surface area contributed by atoms with E-state index >= 15 is 0 Å². The predicted octanol–water partition coefficient (Wildman–Crippen LogP) is 9.50. The highest BCUT2D eigenvalue weighted by atomic mass is 28.3. The summed E-state index contributed by atoms with van der Waals surface area (Å²) in [6.07, 6.45) is 0. The van der Waals surface area contributed by atoms with E-state index in [0.29, 0.717) is 0 Å². The summed E-state index contributed by atoms with van der Waals surface area (Å²) in [4.78, 5) is 5.31. The van der Waals surface area contributed by atoms with Crippen molar-refractivity contribution < 1.29 is 0 Å². The number of fused-ring (bicyclic) bond motifs is 10. The number of para-hydroxylation sites is 2. The van der Waals surface area contributed by atoms with Crippen molar-refractivity contribution in [1.82, 2.24) is 0 Å². The van der Waals surface area contributed by atoms with Gasteiger partial charge in [-0.3, -0.25) is 0 Å². The van der Waals surface area contributed by atoms with Crippen molar-refractivity contribution in [1.29, 1.82) is 0 Å². The van der Waals surface area contributed by atoms with E-state index in [1.165, 1.54) is 93.5 Å².